The molecule has 0 aromatic heterocycles. The van der Waals surface area contributed by atoms with E-state index in [9.17, 15) is 9.59 Å². The lowest BCUT2D eigenvalue weighted by molar-refractivity contribution is -0.116. The van der Waals surface area contributed by atoms with Crippen molar-refractivity contribution in [2.24, 2.45) is 5.92 Å². The number of benzene rings is 2. The Kier molecular flexibility index (Phi) is 8.06. The van der Waals surface area contributed by atoms with Gasteiger partial charge in [-0.05, 0) is 74.2 Å². The molecule has 2 aromatic carbocycles. The van der Waals surface area contributed by atoms with Crippen LogP contribution in [0.5, 0.6) is 5.75 Å². The summed E-state index contributed by atoms with van der Waals surface area (Å²) in [6, 6.07) is 15.5. The number of rotatable bonds is 10. The predicted molar refractivity (Wildman–Crippen MR) is 125 cm³/mol. The molecule has 1 unspecified atom stereocenters. The van der Waals surface area contributed by atoms with Gasteiger partial charge in [0.2, 0.25) is 0 Å². The third-order valence-electron chi connectivity index (χ3n) is 5.40. The van der Waals surface area contributed by atoms with Crippen molar-refractivity contribution in [3.05, 3.63) is 54.1 Å². The fraction of sp³-hybridized carbons (Fsp3) is 0.440. The van der Waals surface area contributed by atoms with Crippen LogP contribution in [0.25, 0.3) is 0 Å². The summed E-state index contributed by atoms with van der Waals surface area (Å²) in [5.74, 6) is 1.40. The Balaban J connectivity index is 1.49. The van der Waals surface area contributed by atoms with Gasteiger partial charge in [-0.15, -0.1) is 0 Å². The predicted octanol–water partition coefficient (Wildman–Crippen LogP) is 4.12. The van der Waals surface area contributed by atoms with Crippen molar-refractivity contribution in [1.29, 1.82) is 0 Å². The van der Waals surface area contributed by atoms with E-state index in [4.69, 9.17) is 4.74 Å². The van der Waals surface area contributed by atoms with Crippen molar-refractivity contribution in [1.82, 2.24) is 5.32 Å². The molecule has 0 spiro atoms. The Bertz CT molecular complexity index is 863. The molecule has 2 N–H and O–H groups in total. The molecular weight excluding hydrogens is 390 g/mol. The Labute approximate surface area is 185 Å². The van der Waals surface area contributed by atoms with Gasteiger partial charge < -0.3 is 20.3 Å². The van der Waals surface area contributed by atoms with Gasteiger partial charge >= 0.3 is 0 Å². The molecule has 1 aliphatic heterocycles. The summed E-state index contributed by atoms with van der Waals surface area (Å²) in [6.45, 7) is 8.87. The third-order valence-corrected chi connectivity index (χ3v) is 5.40. The smallest absolute Gasteiger partial charge is 0.255 e. The summed E-state index contributed by atoms with van der Waals surface area (Å²) in [7, 11) is 0. The van der Waals surface area contributed by atoms with Crippen LogP contribution in [0.2, 0.25) is 0 Å². The standard InChI is InChI=1S/C25H33N3O3/c1-18(2)13-15-31-24-10-4-20(5-11-24)25(30)27-21-6-8-23(9-7-21)28-14-12-22(17-28)26-16-19(3)29/h4-11,18,22,26H,12-17H2,1-3H3,(H,27,30). The lowest BCUT2D eigenvalue weighted by Gasteiger charge is -2.19. The van der Waals surface area contributed by atoms with Gasteiger partial charge in [0.05, 0.1) is 13.2 Å². The third kappa shape index (κ3) is 7.10. The van der Waals surface area contributed by atoms with Gasteiger partial charge in [-0.25, -0.2) is 0 Å². The average molecular weight is 424 g/mol. The summed E-state index contributed by atoms with van der Waals surface area (Å²) in [5.41, 5.74) is 2.48. The van der Waals surface area contributed by atoms with Crippen LogP contribution >= 0.6 is 0 Å². The number of amides is 1. The minimum absolute atomic E-state index is 0.142. The van der Waals surface area contributed by atoms with Crippen molar-refractivity contribution >= 4 is 23.1 Å². The monoisotopic (exact) mass is 423 g/mol. The van der Waals surface area contributed by atoms with Gasteiger partial charge in [0.25, 0.3) is 5.91 Å². The molecule has 6 nitrogen and oxygen atoms in total. The molecule has 1 saturated heterocycles. The number of ketones is 1. The number of anilines is 2. The first-order valence-electron chi connectivity index (χ1n) is 11.0. The molecular formula is C25H33N3O3. The van der Waals surface area contributed by atoms with Crippen LogP contribution in [0.4, 0.5) is 11.4 Å². The summed E-state index contributed by atoms with van der Waals surface area (Å²) in [6.07, 6.45) is 2.02. The highest BCUT2D eigenvalue weighted by Gasteiger charge is 2.22. The second kappa shape index (κ2) is 11.0. The first kappa shape index (κ1) is 22.8. The molecule has 0 radical (unpaired) electrons. The van der Waals surface area contributed by atoms with Crippen LogP contribution in [-0.4, -0.2) is 44.0 Å². The number of carbonyl (C=O) groups is 2. The highest BCUT2D eigenvalue weighted by molar-refractivity contribution is 6.04. The summed E-state index contributed by atoms with van der Waals surface area (Å²) in [4.78, 5) is 26.0. The molecule has 31 heavy (non-hydrogen) atoms. The fourth-order valence-electron chi connectivity index (χ4n) is 3.52. The van der Waals surface area contributed by atoms with E-state index in [1.165, 1.54) is 0 Å². The Morgan fingerprint density at radius 1 is 1.10 bits per heavy atom. The number of nitrogens with zero attached hydrogens (tertiary/aromatic N) is 1. The van der Waals surface area contributed by atoms with Crippen molar-refractivity contribution < 1.29 is 14.3 Å². The van der Waals surface area contributed by atoms with Gasteiger partial charge in [-0.2, -0.15) is 0 Å². The molecule has 3 rings (SSSR count). The topological polar surface area (TPSA) is 70.7 Å². The molecule has 0 saturated carbocycles. The zero-order chi connectivity index (χ0) is 22.2. The molecule has 1 fully saturated rings. The van der Waals surface area contributed by atoms with E-state index in [0.29, 0.717) is 30.7 Å². The molecule has 0 aliphatic carbocycles. The van der Waals surface area contributed by atoms with Gasteiger partial charge in [0.15, 0.2) is 0 Å². The van der Waals surface area contributed by atoms with E-state index >= 15 is 0 Å². The van der Waals surface area contributed by atoms with Crippen molar-refractivity contribution in [2.75, 3.05) is 36.5 Å². The molecule has 0 bridgehead atoms. The summed E-state index contributed by atoms with van der Waals surface area (Å²) < 4.78 is 5.71. The number of hydrogen-bond donors (Lipinski definition) is 2. The van der Waals surface area contributed by atoms with Crippen molar-refractivity contribution in [2.45, 2.75) is 39.7 Å². The lowest BCUT2D eigenvalue weighted by Crippen LogP contribution is -2.35. The average Bonchev–Trinajstić information content (AvgIpc) is 3.22. The summed E-state index contributed by atoms with van der Waals surface area (Å²) >= 11 is 0. The fourth-order valence-corrected chi connectivity index (χ4v) is 3.52. The highest BCUT2D eigenvalue weighted by Crippen LogP contribution is 2.23. The van der Waals surface area contributed by atoms with Crippen LogP contribution in [0.1, 0.15) is 44.0 Å². The Morgan fingerprint density at radius 3 is 2.45 bits per heavy atom. The van der Waals surface area contributed by atoms with E-state index in [2.05, 4.69) is 29.4 Å². The molecule has 6 heteroatoms. The zero-order valence-electron chi connectivity index (χ0n) is 18.7. The lowest BCUT2D eigenvalue weighted by atomic mass is 10.1. The zero-order valence-corrected chi connectivity index (χ0v) is 18.7. The van der Waals surface area contributed by atoms with Gasteiger partial charge in [-0.1, -0.05) is 13.8 Å². The molecule has 1 amide bonds. The minimum atomic E-state index is -0.142. The van der Waals surface area contributed by atoms with Gasteiger partial charge in [0, 0.05) is 36.1 Å². The van der Waals surface area contributed by atoms with Crippen LogP contribution < -0.4 is 20.3 Å². The van der Waals surface area contributed by atoms with E-state index < -0.39 is 0 Å². The van der Waals surface area contributed by atoms with Gasteiger partial charge in [0.1, 0.15) is 11.5 Å². The number of ether oxygens (including phenoxy) is 1. The van der Waals surface area contributed by atoms with E-state index in [-0.39, 0.29) is 11.7 Å². The second-order valence-corrected chi connectivity index (χ2v) is 8.57. The largest absolute Gasteiger partial charge is 0.494 e. The Hall–Kier alpha value is -2.86. The number of nitrogens with one attached hydrogen (secondary N) is 2. The highest BCUT2D eigenvalue weighted by atomic mass is 16.5. The maximum absolute atomic E-state index is 12.5. The number of carbonyl (C=O) groups excluding carboxylic acids is 2. The van der Waals surface area contributed by atoms with E-state index in [0.717, 1.165) is 43.1 Å². The molecule has 1 aliphatic rings. The summed E-state index contributed by atoms with van der Waals surface area (Å²) in [5, 5.41) is 6.25. The van der Waals surface area contributed by atoms with Crippen LogP contribution in [0.15, 0.2) is 48.5 Å². The maximum Gasteiger partial charge on any atom is 0.255 e. The van der Waals surface area contributed by atoms with Gasteiger partial charge in [-0.3, -0.25) is 9.59 Å². The van der Waals surface area contributed by atoms with Crippen molar-refractivity contribution in [3.63, 3.8) is 0 Å². The first-order chi connectivity index (χ1) is 14.9. The first-order valence-corrected chi connectivity index (χ1v) is 11.0. The molecule has 2 aromatic rings. The Morgan fingerprint density at radius 2 is 1.81 bits per heavy atom. The minimum Gasteiger partial charge on any atom is -0.494 e. The molecule has 166 valence electrons. The maximum atomic E-state index is 12.5. The van der Waals surface area contributed by atoms with Crippen LogP contribution in [0.3, 0.4) is 0 Å². The van der Waals surface area contributed by atoms with Crippen LogP contribution in [0, 0.1) is 5.92 Å². The van der Waals surface area contributed by atoms with E-state index in [1.807, 2.05) is 36.4 Å². The van der Waals surface area contributed by atoms with E-state index in [1.54, 1.807) is 19.1 Å². The normalized spacial score (nSPS) is 15.9. The number of Topliss-reactive ketones (excluding diaryl/α,β-unsaturated/α-hetero) is 1. The molecule has 1 heterocycles. The van der Waals surface area contributed by atoms with Crippen molar-refractivity contribution in [3.8, 4) is 5.75 Å². The SMILES string of the molecule is CC(=O)CNC1CCN(c2ccc(NC(=O)c3ccc(OCCC(C)C)cc3)cc2)C1. The molecule has 1 atom stereocenters. The second-order valence-electron chi connectivity index (χ2n) is 8.57. The quantitative estimate of drug-likeness (QED) is 0.602. The van der Waals surface area contributed by atoms with Crippen LogP contribution in [-0.2, 0) is 4.79 Å². The number of hydrogen-bond acceptors (Lipinski definition) is 5.